The van der Waals surface area contributed by atoms with Crippen LogP contribution in [0.4, 0.5) is 10.1 Å². The van der Waals surface area contributed by atoms with Crippen LogP contribution in [-0.2, 0) is 4.74 Å². The van der Waals surface area contributed by atoms with E-state index in [9.17, 15) is 9.50 Å². The van der Waals surface area contributed by atoms with Gasteiger partial charge in [-0.15, -0.1) is 0 Å². The number of hydrogen-bond acceptors (Lipinski definition) is 5. The van der Waals surface area contributed by atoms with Crippen LogP contribution in [0.15, 0.2) is 23.4 Å². The molecule has 19 heavy (non-hydrogen) atoms. The van der Waals surface area contributed by atoms with Gasteiger partial charge in [-0.05, 0) is 18.2 Å². The first-order valence-electron chi connectivity index (χ1n) is 5.90. The van der Waals surface area contributed by atoms with Crippen LogP contribution in [-0.4, -0.2) is 48.6 Å². The number of anilines is 1. The fourth-order valence-electron chi connectivity index (χ4n) is 2.08. The second-order valence-electron chi connectivity index (χ2n) is 4.26. The van der Waals surface area contributed by atoms with E-state index in [4.69, 9.17) is 15.7 Å². The summed E-state index contributed by atoms with van der Waals surface area (Å²) in [6, 6.07) is 4.06. The third kappa shape index (κ3) is 2.77. The van der Waals surface area contributed by atoms with Gasteiger partial charge < -0.3 is 25.7 Å². The van der Waals surface area contributed by atoms with Gasteiger partial charge in [0.05, 0.1) is 31.5 Å². The van der Waals surface area contributed by atoms with Crippen LogP contribution in [0.2, 0.25) is 0 Å². The summed E-state index contributed by atoms with van der Waals surface area (Å²) in [5.74, 6) is -0.629. The third-order valence-electron chi connectivity index (χ3n) is 3.10. The molecule has 0 aliphatic carbocycles. The molecule has 1 aromatic carbocycles. The largest absolute Gasteiger partial charge is 0.409 e. The Morgan fingerprint density at radius 3 is 3.00 bits per heavy atom. The minimum atomic E-state index is -0.482. The molecular formula is C12H16FN3O3. The maximum Gasteiger partial charge on any atom is 0.170 e. The molecule has 0 spiro atoms. The lowest BCUT2D eigenvalue weighted by Crippen LogP contribution is -2.48. The molecule has 0 bridgehead atoms. The maximum absolute atomic E-state index is 14.1. The molecule has 4 N–H and O–H groups in total. The molecule has 104 valence electrons. The highest BCUT2D eigenvalue weighted by Crippen LogP contribution is 2.24. The Balaban J connectivity index is 2.29. The first kappa shape index (κ1) is 13.6. The molecule has 1 heterocycles. The van der Waals surface area contributed by atoms with Crippen molar-refractivity contribution in [2.45, 2.75) is 6.04 Å². The summed E-state index contributed by atoms with van der Waals surface area (Å²) in [4.78, 5) is 1.76. The van der Waals surface area contributed by atoms with Crippen LogP contribution in [0.25, 0.3) is 0 Å². The zero-order valence-electron chi connectivity index (χ0n) is 10.3. The van der Waals surface area contributed by atoms with Crippen molar-refractivity contribution < 1.29 is 19.4 Å². The standard InChI is InChI=1S/C12H16FN3O3/c13-10-5-8(12(14)15-18)1-2-11(10)16-3-4-19-7-9(16)6-17/h1-2,5,9,17-18H,3-4,6-7H2,(H2,14,15). The third-order valence-corrected chi connectivity index (χ3v) is 3.10. The van der Waals surface area contributed by atoms with Crippen LogP contribution < -0.4 is 10.6 Å². The summed E-state index contributed by atoms with van der Waals surface area (Å²) in [5, 5.41) is 20.7. The smallest absolute Gasteiger partial charge is 0.170 e. The number of hydrogen-bond donors (Lipinski definition) is 3. The van der Waals surface area contributed by atoms with Crippen LogP contribution in [0.5, 0.6) is 0 Å². The molecule has 6 nitrogen and oxygen atoms in total. The van der Waals surface area contributed by atoms with E-state index in [1.54, 1.807) is 17.0 Å². The Morgan fingerprint density at radius 1 is 1.58 bits per heavy atom. The second-order valence-corrected chi connectivity index (χ2v) is 4.26. The lowest BCUT2D eigenvalue weighted by atomic mass is 10.1. The van der Waals surface area contributed by atoms with E-state index >= 15 is 0 Å². The van der Waals surface area contributed by atoms with Crippen molar-refractivity contribution in [2.24, 2.45) is 10.9 Å². The molecule has 1 saturated heterocycles. The van der Waals surface area contributed by atoms with E-state index in [1.807, 2.05) is 0 Å². The fourth-order valence-corrected chi connectivity index (χ4v) is 2.08. The normalized spacial score (nSPS) is 20.6. The highest BCUT2D eigenvalue weighted by Gasteiger charge is 2.24. The zero-order chi connectivity index (χ0) is 13.8. The van der Waals surface area contributed by atoms with E-state index in [1.165, 1.54) is 6.07 Å². The average molecular weight is 269 g/mol. The molecule has 0 radical (unpaired) electrons. The van der Waals surface area contributed by atoms with Gasteiger partial charge in [0.2, 0.25) is 0 Å². The number of ether oxygens (including phenoxy) is 1. The number of rotatable bonds is 3. The Hall–Kier alpha value is -1.86. The van der Waals surface area contributed by atoms with E-state index < -0.39 is 5.82 Å². The number of oxime groups is 1. The van der Waals surface area contributed by atoms with E-state index in [0.29, 0.717) is 31.0 Å². The summed E-state index contributed by atoms with van der Waals surface area (Å²) >= 11 is 0. The summed E-state index contributed by atoms with van der Waals surface area (Å²) in [6.07, 6.45) is 0. The van der Waals surface area contributed by atoms with Crippen LogP contribution in [0.3, 0.4) is 0 Å². The van der Waals surface area contributed by atoms with Gasteiger partial charge in [0.15, 0.2) is 5.84 Å². The van der Waals surface area contributed by atoms with Crippen molar-refractivity contribution in [2.75, 3.05) is 31.3 Å². The van der Waals surface area contributed by atoms with Gasteiger partial charge in [0.25, 0.3) is 0 Å². The number of aliphatic hydroxyl groups excluding tert-OH is 1. The molecule has 2 rings (SSSR count). The number of benzene rings is 1. The predicted molar refractivity (Wildman–Crippen MR) is 67.9 cm³/mol. The highest BCUT2D eigenvalue weighted by atomic mass is 19.1. The number of halogens is 1. The van der Waals surface area contributed by atoms with E-state index in [2.05, 4.69) is 5.16 Å². The number of nitrogens with zero attached hydrogens (tertiary/aromatic N) is 2. The number of morpholine rings is 1. The second kappa shape index (κ2) is 5.85. The molecule has 1 aromatic rings. The molecule has 1 aliphatic rings. The topological polar surface area (TPSA) is 91.3 Å². The van der Waals surface area contributed by atoms with Crippen LogP contribution in [0, 0.1) is 5.82 Å². The molecule has 1 unspecified atom stereocenters. The average Bonchev–Trinajstić information content (AvgIpc) is 2.46. The monoisotopic (exact) mass is 269 g/mol. The van der Waals surface area contributed by atoms with Gasteiger partial charge in [-0.2, -0.15) is 0 Å². The zero-order valence-corrected chi connectivity index (χ0v) is 10.3. The number of aliphatic hydroxyl groups is 1. The van der Waals surface area contributed by atoms with Gasteiger partial charge in [-0.3, -0.25) is 0 Å². The lowest BCUT2D eigenvalue weighted by molar-refractivity contribution is 0.0723. The molecule has 1 atom stereocenters. The predicted octanol–water partition coefficient (Wildman–Crippen LogP) is 0.118. The van der Waals surface area contributed by atoms with Gasteiger partial charge in [0.1, 0.15) is 5.82 Å². The quantitative estimate of drug-likeness (QED) is 0.314. The SMILES string of the molecule is N/C(=N/O)c1ccc(N2CCOCC2CO)c(F)c1. The number of amidine groups is 1. The van der Waals surface area contributed by atoms with Crippen molar-refractivity contribution in [3.05, 3.63) is 29.6 Å². The summed E-state index contributed by atoms with van der Waals surface area (Å²) in [5.41, 5.74) is 6.08. The van der Waals surface area contributed by atoms with Crippen molar-refractivity contribution in [1.29, 1.82) is 0 Å². The number of nitrogens with two attached hydrogens (primary N) is 1. The molecule has 7 heteroatoms. The Bertz CT molecular complexity index is 481. The fraction of sp³-hybridized carbons (Fsp3) is 0.417. The van der Waals surface area contributed by atoms with Crippen molar-refractivity contribution >= 4 is 11.5 Å². The van der Waals surface area contributed by atoms with Gasteiger partial charge in [-0.1, -0.05) is 5.16 Å². The van der Waals surface area contributed by atoms with Crippen molar-refractivity contribution in [1.82, 2.24) is 0 Å². The first-order chi connectivity index (χ1) is 9.17. The Labute approximate surface area is 109 Å². The van der Waals surface area contributed by atoms with E-state index in [-0.39, 0.29) is 18.5 Å². The lowest BCUT2D eigenvalue weighted by Gasteiger charge is -2.36. The van der Waals surface area contributed by atoms with Gasteiger partial charge in [0, 0.05) is 12.1 Å². The minimum absolute atomic E-state index is 0.110. The molecule has 0 amide bonds. The van der Waals surface area contributed by atoms with E-state index in [0.717, 1.165) is 0 Å². The summed E-state index contributed by atoms with van der Waals surface area (Å²) < 4.78 is 19.3. The van der Waals surface area contributed by atoms with Gasteiger partial charge in [-0.25, -0.2) is 4.39 Å². The van der Waals surface area contributed by atoms with Crippen molar-refractivity contribution in [3.8, 4) is 0 Å². The van der Waals surface area contributed by atoms with Crippen LogP contribution in [0.1, 0.15) is 5.56 Å². The summed E-state index contributed by atoms with van der Waals surface area (Å²) in [6.45, 7) is 1.24. The minimum Gasteiger partial charge on any atom is -0.409 e. The molecule has 0 saturated carbocycles. The van der Waals surface area contributed by atoms with Crippen LogP contribution >= 0.6 is 0 Å². The van der Waals surface area contributed by atoms with Crippen molar-refractivity contribution in [3.63, 3.8) is 0 Å². The summed E-state index contributed by atoms with van der Waals surface area (Å²) in [7, 11) is 0. The highest BCUT2D eigenvalue weighted by molar-refractivity contribution is 5.97. The molecule has 1 fully saturated rings. The molecule has 0 aromatic heterocycles. The first-order valence-corrected chi connectivity index (χ1v) is 5.90. The van der Waals surface area contributed by atoms with Gasteiger partial charge >= 0.3 is 0 Å². The maximum atomic E-state index is 14.1. The molecule has 1 aliphatic heterocycles. The Kier molecular flexibility index (Phi) is 4.18. The molecular weight excluding hydrogens is 253 g/mol. The Morgan fingerprint density at radius 2 is 2.37 bits per heavy atom.